The normalized spacial score (nSPS) is 17.7. The predicted octanol–water partition coefficient (Wildman–Crippen LogP) is -0.171. The average molecular weight is 300 g/mol. The molecule has 0 unspecified atom stereocenters. The van der Waals surface area contributed by atoms with Crippen molar-refractivity contribution in [2.24, 2.45) is 0 Å². The van der Waals surface area contributed by atoms with Gasteiger partial charge in [-0.15, -0.1) is 0 Å². The van der Waals surface area contributed by atoms with Gasteiger partial charge >= 0.3 is 0 Å². The van der Waals surface area contributed by atoms with Crippen LogP contribution in [0.15, 0.2) is 12.3 Å². The van der Waals surface area contributed by atoms with Gasteiger partial charge in [-0.25, -0.2) is 22.7 Å². The summed E-state index contributed by atoms with van der Waals surface area (Å²) < 4.78 is 25.4. The van der Waals surface area contributed by atoms with Crippen LogP contribution < -0.4 is 4.90 Å². The van der Waals surface area contributed by atoms with E-state index in [1.807, 2.05) is 4.90 Å². The number of hydrogen-bond donors (Lipinski definition) is 1. The molecule has 20 heavy (non-hydrogen) atoms. The lowest BCUT2D eigenvalue weighted by Gasteiger charge is -2.33. The van der Waals surface area contributed by atoms with Crippen LogP contribution in [0, 0.1) is 0 Å². The van der Waals surface area contributed by atoms with Gasteiger partial charge in [-0.05, 0) is 18.9 Å². The lowest BCUT2D eigenvalue weighted by Crippen LogP contribution is -2.43. The lowest BCUT2D eigenvalue weighted by molar-refractivity contribution is 0.271. The molecule has 0 aromatic carbocycles. The van der Waals surface area contributed by atoms with Crippen LogP contribution in [-0.4, -0.2) is 60.2 Å². The Morgan fingerprint density at radius 2 is 2.05 bits per heavy atom. The SMILES string of the molecule is CN(C)S(=O)(=O)C1CCN(c2ccnc(CO)n2)CC1. The van der Waals surface area contributed by atoms with Crippen molar-refractivity contribution in [3.8, 4) is 0 Å². The molecule has 1 aliphatic rings. The minimum atomic E-state index is -3.18. The first kappa shape index (κ1) is 15.1. The third-order valence-electron chi connectivity index (χ3n) is 3.53. The van der Waals surface area contributed by atoms with Crippen molar-refractivity contribution in [3.05, 3.63) is 18.1 Å². The molecule has 8 heteroatoms. The van der Waals surface area contributed by atoms with Crippen molar-refractivity contribution in [1.29, 1.82) is 0 Å². The molecule has 0 radical (unpaired) electrons. The van der Waals surface area contributed by atoms with Crippen LogP contribution >= 0.6 is 0 Å². The van der Waals surface area contributed by atoms with Crippen LogP contribution in [0.1, 0.15) is 18.7 Å². The summed E-state index contributed by atoms with van der Waals surface area (Å²) in [5.41, 5.74) is 0. The summed E-state index contributed by atoms with van der Waals surface area (Å²) >= 11 is 0. The van der Waals surface area contributed by atoms with E-state index in [1.54, 1.807) is 26.4 Å². The highest BCUT2D eigenvalue weighted by molar-refractivity contribution is 7.89. The Labute approximate surface area is 119 Å². The first-order valence-electron chi connectivity index (χ1n) is 6.54. The van der Waals surface area contributed by atoms with E-state index < -0.39 is 10.0 Å². The Morgan fingerprint density at radius 1 is 1.40 bits per heavy atom. The first-order valence-corrected chi connectivity index (χ1v) is 8.04. The molecule has 1 aromatic heterocycles. The molecular weight excluding hydrogens is 280 g/mol. The number of piperidine rings is 1. The van der Waals surface area contributed by atoms with Gasteiger partial charge in [-0.1, -0.05) is 0 Å². The van der Waals surface area contributed by atoms with Crippen LogP contribution in [0.5, 0.6) is 0 Å². The summed E-state index contributed by atoms with van der Waals surface area (Å²) in [4.78, 5) is 10.2. The van der Waals surface area contributed by atoms with Crippen molar-refractivity contribution in [3.63, 3.8) is 0 Å². The maximum Gasteiger partial charge on any atom is 0.216 e. The van der Waals surface area contributed by atoms with E-state index >= 15 is 0 Å². The standard InChI is InChI=1S/C12H20N4O3S/c1-15(2)20(18,19)10-4-7-16(8-5-10)12-3-6-13-11(9-17)14-12/h3,6,10,17H,4-5,7-9H2,1-2H3. The number of anilines is 1. The number of aliphatic hydroxyl groups excluding tert-OH is 1. The van der Waals surface area contributed by atoms with Crippen molar-refractivity contribution in [1.82, 2.24) is 14.3 Å². The quantitative estimate of drug-likeness (QED) is 0.831. The molecule has 0 saturated carbocycles. The topological polar surface area (TPSA) is 86.6 Å². The largest absolute Gasteiger partial charge is 0.388 e. The second kappa shape index (κ2) is 6.02. The second-order valence-electron chi connectivity index (χ2n) is 5.00. The Balaban J connectivity index is 2.04. The van der Waals surface area contributed by atoms with Crippen LogP contribution in [0.3, 0.4) is 0 Å². The zero-order valence-corrected chi connectivity index (χ0v) is 12.5. The smallest absolute Gasteiger partial charge is 0.216 e. The maximum absolute atomic E-state index is 12.1. The van der Waals surface area contributed by atoms with Crippen molar-refractivity contribution in [2.75, 3.05) is 32.1 Å². The number of nitrogens with zero attached hydrogens (tertiary/aromatic N) is 4. The van der Waals surface area contributed by atoms with E-state index in [0.717, 1.165) is 5.82 Å². The molecule has 1 aliphatic heterocycles. The van der Waals surface area contributed by atoms with E-state index in [0.29, 0.717) is 31.8 Å². The molecule has 0 atom stereocenters. The average Bonchev–Trinajstić information content (AvgIpc) is 2.47. The molecule has 1 N–H and O–H groups in total. The molecule has 0 aliphatic carbocycles. The van der Waals surface area contributed by atoms with Gasteiger partial charge in [-0.3, -0.25) is 0 Å². The molecule has 1 saturated heterocycles. The summed E-state index contributed by atoms with van der Waals surface area (Å²) in [6.45, 7) is 1.08. The molecule has 0 spiro atoms. The number of hydrogen-bond acceptors (Lipinski definition) is 6. The molecule has 0 amide bonds. The molecular formula is C12H20N4O3S. The molecule has 0 bridgehead atoms. The molecule has 2 rings (SSSR count). The Kier molecular flexibility index (Phi) is 4.56. The molecule has 2 heterocycles. The van der Waals surface area contributed by atoms with Crippen molar-refractivity contribution in [2.45, 2.75) is 24.7 Å². The minimum Gasteiger partial charge on any atom is -0.388 e. The van der Waals surface area contributed by atoms with Gasteiger partial charge in [0.1, 0.15) is 12.4 Å². The van der Waals surface area contributed by atoms with Gasteiger partial charge in [0, 0.05) is 33.4 Å². The van der Waals surface area contributed by atoms with E-state index in [2.05, 4.69) is 9.97 Å². The predicted molar refractivity (Wildman–Crippen MR) is 75.8 cm³/mol. The van der Waals surface area contributed by atoms with Gasteiger partial charge in [-0.2, -0.15) is 0 Å². The third kappa shape index (κ3) is 3.08. The number of aromatic nitrogens is 2. The van der Waals surface area contributed by atoms with Crippen LogP contribution in [-0.2, 0) is 16.6 Å². The summed E-state index contributed by atoms with van der Waals surface area (Å²) in [7, 11) is -0.0463. The van der Waals surface area contributed by atoms with E-state index in [-0.39, 0.29) is 11.9 Å². The fourth-order valence-corrected chi connectivity index (χ4v) is 3.72. The highest BCUT2D eigenvalue weighted by Gasteiger charge is 2.31. The van der Waals surface area contributed by atoms with E-state index in [9.17, 15) is 8.42 Å². The van der Waals surface area contributed by atoms with Crippen molar-refractivity contribution < 1.29 is 13.5 Å². The van der Waals surface area contributed by atoms with E-state index in [1.165, 1.54) is 4.31 Å². The summed E-state index contributed by atoms with van der Waals surface area (Å²) in [5.74, 6) is 1.12. The Bertz CT molecular complexity index is 554. The van der Waals surface area contributed by atoms with E-state index in [4.69, 9.17) is 5.11 Å². The van der Waals surface area contributed by atoms with Crippen LogP contribution in [0.25, 0.3) is 0 Å². The zero-order chi connectivity index (χ0) is 14.8. The maximum atomic E-state index is 12.1. The molecule has 1 aromatic rings. The van der Waals surface area contributed by atoms with Gasteiger partial charge in [0.15, 0.2) is 5.82 Å². The van der Waals surface area contributed by atoms with Crippen LogP contribution in [0.2, 0.25) is 0 Å². The molecule has 7 nitrogen and oxygen atoms in total. The molecule has 1 fully saturated rings. The fraction of sp³-hybridized carbons (Fsp3) is 0.667. The Morgan fingerprint density at radius 3 is 2.60 bits per heavy atom. The first-order chi connectivity index (χ1) is 9.45. The summed E-state index contributed by atoms with van der Waals surface area (Å²) in [6, 6.07) is 1.78. The highest BCUT2D eigenvalue weighted by Crippen LogP contribution is 2.23. The van der Waals surface area contributed by atoms with Gasteiger partial charge in [0.25, 0.3) is 0 Å². The van der Waals surface area contributed by atoms with Gasteiger partial charge in [0.2, 0.25) is 10.0 Å². The number of sulfonamides is 1. The molecule has 112 valence electrons. The lowest BCUT2D eigenvalue weighted by atomic mass is 10.1. The number of rotatable bonds is 4. The minimum absolute atomic E-state index is 0.195. The van der Waals surface area contributed by atoms with Crippen LogP contribution in [0.4, 0.5) is 5.82 Å². The third-order valence-corrected chi connectivity index (χ3v) is 5.86. The fourth-order valence-electron chi connectivity index (χ4n) is 2.32. The van der Waals surface area contributed by atoms with Gasteiger partial charge < -0.3 is 10.0 Å². The highest BCUT2D eigenvalue weighted by atomic mass is 32.2. The van der Waals surface area contributed by atoms with Crippen molar-refractivity contribution >= 4 is 15.8 Å². The van der Waals surface area contributed by atoms with Gasteiger partial charge in [0.05, 0.1) is 5.25 Å². The monoisotopic (exact) mass is 300 g/mol. The zero-order valence-electron chi connectivity index (χ0n) is 11.7. The second-order valence-corrected chi connectivity index (χ2v) is 7.43. The number of aliphatic hydroxyl groups is 1. The summed E-state index contributed by atoms with van der Waals surface area (Å²) in [6.07, 6.45) is 2.77. The Hall–Kier alpha value is -1.25. The summed E-state index contributed by atoms with van der Waals surface area (Å²) in [5, 5.41) is 8.72.